The number of anilines is 2. The molecule has 4 heteroatoms. The van der Waals surface area contributed by atoms with Gasteiger partial charge < -0.3 is 11.1 Å². The normalized spacial score (nSPS) is 10.4. The van der Waals surface area contributed by atoms with Gasteiger partial charge in [-0.1, -0.05) is 0 Å². The molecular weight excluding hydrogens is 218 g/mol. The fraction of sp³-hybridized carbons (Fsp3) is 0.250. The molecule has 2 aromatic rings. The highest BCUT2D eigenvalue weighted by Gasteiger charge is 2.04. The van der Waals surface area contributed by atoms with E-state index in [2.05, 4.69) is 28.0 Å². The second kappa shape index (κ2) is 4.53. The highest BCUT2D eigenvalue weighted by atomic mass is 32.1. The molecule has 84 valence electrons. The Morgan fingerprint density at radius 2 is 2.12 bits per heavy atom. The predicted molar refractivity (Wildman–Crippen MR) is 69.8 cm³/mol. The molecule has 0 aliphatic rings. The maximum Gasteiger partial charge on any atom is 0.149 e. The van der Waals surface area contributed by atoms with Gasteiger partial charge in [-0.25, -0.2) is 4.98 Å². The van der Waals surface area contributed by atoms with Crippen molar-refractivity contribution in [1.29, 1.82) is 0 Å². The van der Waals surface area contributed by atoms with Crippen molar-refractivity contribution in [2.75, 3.05) is 11.1 Å². The Morgan fingerprint density at radius 1 is 1.31 bits per heavy atom. The van der Waals surface area contributed by atoms with E-state index in [4.69, 9.17) is 5.73 Å². The number of nitrogens with one attached hydrogen (secondary N) is 1. The van der Waals surface area contributed by atoms with Gasteiger partial charge in [0.1, 0.15) is 5.82 Å². The predicted octanol–water partition coefficient (Wildman–Crippen LogP) is 2.95. The lowest BCUT2D eigenvalue weighted by molar-refractivity contribution is 1.10. The van der Waals surface area contributed by atoms with Crippen molar-refractivity contribution in [1.82, 2.24) is 4.98 Å². The lowest BCUT2D eigenvalue weighted by Crippen LogP contribution is -2.05. The van der Waals surface area contributed by atoms with Crippen LogP contribution in [0.5, 0.6) is 0 Å². The second-order valence-electron chi connectivity index (χ2n) is 3.82. The number of hydrogen-bond donors (Lipinski definition) is 2. The van der Waals surface area contributed by atoms with Crippen LogP contribution < -0.4 is 11.1 Å². The summed E-state index contributed by atoms with van der Waals surface area (Å²) in [6, 6.07) is 1.91. The molecule has 0 radical (unpaired) electrons. The summed E-state index contributed by atoms with van der Waals surface area (Å²) in [5.74, 6) is 0.769. The molecule has 0 aliphatic carbocycles. The van der Waals surface area contributed by atoms with Crippen LogP contribution in [-0.2, 0) is 6.54 Å². The first-order chi connectivity index (χ1) is 7.68. The van der Waals surface area contributed by atoms with Gasteiger partial charge in [0.2, 0.25) is 0 Å². The molecule has 2 rings (SSSR count). The molecule has 16 heavy (non-hydrogen) atoms. The third kappa shape index (κ3) is 2.17. The Labute approximate surface area is 99.3 Å². The maximum absolute atomic E-state index is 5.94. The summed E-state index contributed by atoms with van der Waals surface area (Å²) in [5, 5.41) is 7.56. The van der Waals surface area contributed by atoms with Crippen LogP contribution >= 0.6 is 11.3 Å². The zero-order valence-electron chi connectivity index (χ0n) is 9.45. The highest BCUT2D eigenvalue weighted by molar-refractivity contribution is 7.08. The molecule has 0 saturated carbocycles. The first-order valence-corrected chi connectivity index (χ1v) is 6.09. The van der Waals surface area contributed by atoms with Crippen molar-refractivity contribution in [2.24, 2.45) is 0 Å². The molecule has 0 bridgehead atoms. The lowest BCUT2D eigenvalue weighted by atomic mass is 10.2. The maximum atomic E-state index is 5.94. The fourth-order valence-electron chi connectivity index (χ4n) is 1.46. The molecule has 0 aromatic carbocycles. The molecule has 3 nitrogen and oxygen atoms in total. The summed E-state index contributed by atoms with van der Waals surface area (Å²) < 4.78 is 0. The van der Waals surface area contributed by atoms with Crippen LogP contribution in [0, 0.1) is 13.8 Å². The SMILES string of the molecule is Cc1cscc1CNc1nccc(C)c1N. The van der Waals surface area contributed by atoms with E-state index >= 15 is 0 Å². The summed E-state index contributed by atoms with van der Waals surface area (Å²) in [6.07, 6.45) is 1.77. The molecule has 0 saturated heterocycles. The van der Waals surface area contributed by atoms with Crippen LogP contribution in [0.15, 0.2) is 23.0 Å². The number of nitrogens with two attached hydrogens (primary N) is 1. The molecule has 0 aliphatic heterocycles. The van der Waals surface area contributed by atoms with Crippen molar-refractivity contribution in [3.63, 3.8) is 0 Å². The molecule has 2 heterocycles. The third-order valence-electron chi connectivity index (χ3n) is 2.62. The highest BCUT2D eigenvalue weighted by Crippen LogP contribution is 2.21. The number of nitrogen functional groups attached to an aromatic ring is 1. The third-order valence-corrected chi connectivity index (χ3v) is 3.53. The smallest absolute Gasteiger partial charge is 0.149 e. The van der Waals surface area contributed by atoms with Crippen LogP contribution in [0.1, 0.15) is 16.7 Å². The van der Waals surface area contributed by atoms with Crippen LogP contribution in [-0.4, -0.2) is 4.98 Å². The molecule has 0 spiro atoms. The first kappa shape index (κ1) is 11.0. The van der Waals surface area contributed by atoms with Gasteiger partial charge in [0.05, 0.1) is 5.69 Å². The number of aryl methyl sites for hydroxylation is 2. The monoisotopic (exact) mass is 233 g/mol. The average Bonchev–Trinajstić information content (AvgIpc) is 2.67. The minimum atomic E-state index is 0.732. The fourth-order valence-corrected chi connectivity index (χ4v) is 2.31. The van der Waals surface area contributed by atoms with Crippen molar-refractivity contribution in [2.45, 2.75) is 20.4 Å². The molecule has 0 atom stereocenters. The number of hydrogen-bond acceptors (Lipinski definition) is 4. The van der Waals surface area contributed by atoms with Crippen LogP contribution in [0.25, 0.3) is 0 Å². The largest absolute Gasteiger partial charge is 0.396 e. The van der Waals surface area contributed by atoms with Crippen LogP contribution in [0.2, 0.25) is 0 Å². The Balaban J connectivity index is 2.11. The van der Waals surface area contributed by atoms with Gasteiger partial charge in [0, 0.05) is 12.7 Å². The summed E-state index contributed by atoms with van der Waals surface area (Å²) in [4.78, 5) is 4.24. The Hall–Kier alpha value is -1.55. The van der Waals surface area contributed by atoms with Gasteiger partial charge in [-0.3, -0.25) is 0 Å². The van der Waals surface area contributed by atoms with E-state index in [-0.39, 0.29) is 0 Å². The van der Waals surface area contributed by atoms with E-state index in [9.17, 15) is 0 Å². The Morgan fingerprint density at radius 3 is 2.81 bits per heavy atom. The van der Waals surface area contributed by atoms with Gasteiger partial charge in [-0.2, -0.15) is 11.3 Å². The summed E-state index contributed by atoms with van der Waals surface area (Å²) in [6.45, 7) is 4.87. The molecule has 0 amide bonds. The van der Waals surface area contributed by atoms with E-state index in [0.29, 0.717) is 0 Å². The zero-order valence-corrected chi connectivity index (χ0v) is 10.3. The molecular formula is C12H15N3S. The van der Waals surface area contributed by atoms with E-state index in [1.807, 2.05) is 13.0 Å². The van der Waals surface area contributed by atoms with E-state index < -0.39 is 0 Å². The summed E-state index contributed by atoms with van der Waals surface area (Å²) in [5.41, 5.74) is 10.3. The summed E-state index contributed by atoms with van der Waals surface area (Å²) >= 11 is 1.72. The van der Waals surface area contributed by atoms with Crippen molar-refractivity contribution < 1.29 is 0 Å². The number of aromatic nitrogens is 1. The topological polar surface area (TPSA) is 50.9 Å². The molecule has 0 unspecified atom stereocenters. The zero-order chi connectivity index (χ0) is 11.5. The van der Waals surface area contributed by atoms with E-state index in [1.165, 1.54) is 11.1 Å². The Kier molecular flexibility index (Phi) is 3.10. The van der Waals surface area contributed by atoms with Crippen molar-refractivity contribution in [3.8, 4) is 0 Å². The minimum absolute atomic E-state index is 0.732. The quantitative estimate of drug-likeness (QED) is 0.857. The Bertz CT molecular complexity index is 491. The van der Waals surface area contributed by atoms with Crippen LogP contribution in [0.4, 0.5) is 11.5 Å². The molecule has 2 aromatic heterocycles. The summed E-state index contributed by atoms with van der Waals surface area (Å²) in [7, 11) is 0. The van der Waals surface area contributed by atoms with Crippen molar-refractivity contribution >= 4 is 22.8 Å². The second-order valence-corrected chi connectivity index (χ2v) is 4.57. The first-order valence-electron chi connectivity index (χ1n) is 5.15. The van der Waals surface area contributed by atoms with Gasteiger partial charge in [0.25, 0.3) is 0 Å². The van der Waals surface area contributed by atoms with E-state index in [0.717, 1.165) is 23.6 Å². The van der Waals surface area contributed by atoms with Gasteiger partial charge in [-0.05, 0) is 47.4 Å². The average molecular weight is 233 g/mol. The van der Waals surface area contributed by atoms with Gasteiger partial charge in [0.15, 0.2) is 0 Å². The molecule has 0 fully saturated rings. The number of thiophene rings is 1. The number of pyridine rings is 1. The number of rotatable bonds is 3. The van der Waals surface area contributed by atoms with E-state index in [1.54, 1.807) is 17.5 Å². The van der Waals surface area contributed by atoms with Gasteiger partial charge >= 0.3 is 0 Å². The lowest BCUT2D eigenvalue weighted by Gasteiger charge is -2.09. The molecule has 3 N–H and O–H groups in total. The minimum Gasteiger partial charge on any atom is -0.396 e. The van der Waals surface area contributed by atoms with Crippen LogP contribution in [0.3, 0.4) is 0 Å². The number of nitrogens with zero attached hydrogens (tertiary/aromatic N) is 1. The van der Waals surface area contributed by atoms with Crippen molar-refractivity contribution in [3.05, 3.63) is 39.7 Å². The standard InChI is InChI=1S/C12H15N3S/c1-8-3-4-14-12(11(8)13)15-5-10-7-16-6-9(10)2/h3-4,6-7H,5,13H2,1-2H3,(H,14,15). The van der Waals surface area contributed by atoms with Gasteiger partial charge in [-0.15, -0.1) is 0 Å².